The number of hydrogen-bond donors (Lipinski definition) is 0. The predicted molar refractivity (Wildman–Crippen MR) is 148 cm³/mol. The van der Waals surface area contributed by atoms with E-state index in [1.165, 1.54) is 6.33 Å². The number of morpholine rings is 1. The Morgan fingerprint density at radius 2 is 1.76 bits per heavy atom. The van der Waals surface area contributed by atoms with Crippen molar-refractivity contribution in [1.82, 2.24) is 14.9 Å². The van der Waals surface area contributed by atoms with Crippen LogP contribution in [0.2, 0.25) is 0 Å². The summed E-state index contributed by atoms with van der Waals surface area (Å²) >= 11 is 0. The third-order valence-electron chi connectivity index (χ3n) is 7.66. The molecule has 0 atom stereocenters. The Morgan fingerprint density at radius 3 is 2.46 bits per heavy atom. The summed E-state index contributed by atoms with van der Waals surface area (Å²) in [5.41, 5.74) is 6.30. The number of anilines is 1. The molecule has 41 heavy (non-hydrogen) atoms. The Balaban J connectivity index is 1.18. The molecular formula is C30H28F2N6O3. The summed E-state index contributed by atoms with van der Waals surface area (Å²) in [5.74, 6) is -0.746. The molecule has 1 amide bonds. The molecule has 2 aromatic carbocycles. The monoisotopic (exact) mass is 558 g/mol. The molecule has 0 spiro atoms. The van der Waals surface area contributed by atoms with E-state index in [1.54, 1.807) is 12.1 Å². The van der Waals surface area contributed by atoms with E-state index in [1.807, 2.05) is 6.07 Å². The summed E-state index contributed by atoms with van der Waals surface area (Å²) < 4.78 is 37.0. The van der Waals surface area contributed by atoms with E-state index in [0.29, 0.717) is 42.0 Å². The fourth-order valence-corrected chi connectivity index (χ4v) is 5.44. The lowest BCUT2D eigenvalue weighted by Gasteiger charge is -2.32. The highest BCUT2D eigenvalue weighted by atomic mass is 19.3. The van der Waals surface area contributed by atoms with E-state index < -0.39 is 12.3 Å². The molecule has 2 fully saturated rings. The molecule has 0 unspecified atom stereocenters. The largest absolute Gasteiger partial charge is 0.489 e. The first-order valence-electron chi connectivity index (χ1n) is 13.6. The van der Waals surface area contributed by atoms with Gasteiger partial charge < -0.3 is 19.3 Å². The van der Waals surface area contributed by atoms with E-state index in [4.69, 9.17) is 14.5 Å². The van der Waals surface area contributed by atoms with Gasteiger partial charge in [0.2, 0.25) is 0 Å². The van der Waals surface area contributed by atoms with Crippen molar-refractivity contribution in [1.29, 1.82) is 5.26 Å². The van der Waals surface area contributed by atoms with Crippen molar-refractivity contribution in [2.75, 3.05) is 44.3 Å². The highest BCUT2D eigenvalue weighted by Crippen LogP contribution is 2.37. The number of likely N-dealkylation sites (tertiary alicyclic amines) is 1. The minimum absolute atomic E-state index is 0.192. The third-order valence-corrected chi connectivity index (χ3v) is 7.66. The lowest BCUT2D eigenvalue weighted by Crippen LogP contribution is -2.44. The number of fused-ring (bicyclic) bond motifs is 1. The zero-order valence-corrected chi connectivity index (χ0v) is 22.3. The van der Waals surface area contributed by atoms with Gasteiger partial charge in [0.25, 0.3) is 5.91 Å². The van der Waals surface area contributed by atoms with Gasteiger partial charge >= 0.3 is 6.43 Å². The second-order valence-electron chi connectivity index (χ2n) is 10.2. The van der Waals surface area contributed by atoms with E-state index in [-0.39, 0.29) is 19.2 Å². The Hall–Kier alpha value is -4.43. The molecule has 0 aliphatic carbocycles. The van der Waals surface area contributed by atoms with E-state index in [2.05, 4.69) is 45.2 Å². The molecule has 0 radical (unpaired) electrons. The second-order valence-corrected chi connectivity index (χ2v) is 10.2. The summed E-state index contributed by atoms with van der Waals surface area (Å²) in [5, 5.41) is 9.86. The molecule has 3 aromatic rings. The molecule has 3 aliphatic heterocycles. The summed E-state index contributed by atoms with van der Waals surface area (Å²) in [6.07, 6.45) is -0.361. The van der Waals surface area contributed by atoms with Crippen LogP contribution < -0.4 is 9.64 Å². The number of amides is 1. The minimum Gasteiger partial charge on any atom is -0.489 e. The lowest BCUT2D eigenvalue weighted by molar-refractivity contribution is -0.144. The molecule has 210 valence electrons. The van der Waals surface area contributed by atoms with Crippen molar-refractivity contribution >= 4 is 23.0 Å². The van der Waals surface area contributed by atoms with Crippen molar-refractivity contribution in [2.45, 2.75) is 31.8 Å². The first-order valence-corrected chi connectivity index (χ1v) is 13.6. The maximum atomic E-state index is 12.7. The van der Waals surface area contributed by atoms with E-state index in [0.717, 1.165) is 59.4 Å². The number of alkyl halides is 2. The number of benzene rings is 2. The third kappa shape index (κ3) is 5.60. The highest BCUT2D eigenvalue weighted by Gasteiger charge is 2.29. The Labute approximate surface area is 236 Å². The Bertz CT molecular complexity index is 1510. The number of halogens is 2. The molecule has 0 saturated carbocycles. The van der Waals surface area contributed by atoms with Crippen LogP contribution in [-0.2, 0) is 16.0 Å². The van der Waals surface area contributed by atoms with Gasteiger partial charge in [0.1, 0.15) is 29.9 Å². The molecule has 3 aliphatic rings. The fraction of sp³-hybridized carbons (Fsp3) is 0.367. The Morgan fingerprint density at radius 1 is 1.02 bits per heavy atom. The van der Waals surface area contributed by atoms with Crippen molar-refractivity contribution in [3.05, 3.63) is 65.6 Å². The van der Waals surface area contributed by atoms with E-state index >= 15 is 0 Å². The van der Waals surface area contributed by atoms with Crippen molar-refractivity contribution in [3.8, 4) is 23.1 Å². The van der Waals surface area contributed by atoms with Crippen LogP contribution in [-0.4, -0.2) is 78.4 Å². The van der Waals surface area contributed by atoms with Gasteiger partial charge in [-0.1, -0.05) is 12.1 Å². The number of nitriles is 1. The summed E-state index contributed by atoms with van der Waals surface area (Å²) in [4.78, 5) is 28.9. The van der Waals surface area contributed by atoms with Crippen LogP contribution >= 0.6 is 0 Å². The minimum atomic E-state index is -3.00. The molecule has 4 heterocycles. The molecule has 11 heteroatoms. The van der Waals surface area contributed by atoms with Crippen molar-refractivity contribution in [3.63, 3.8) is 0 Å². The molecule has 9 nitrogen and oxygen atoms in total. The number of piperidine rings is 1. The van der Waals surface area contributed by atoms with Crippen molar-refractivity contribution in [2.24, 2.45) is 4.99 Å². The normalized spacial score (nSPS) is 17.3. The van der Waals surface area contributed by atoms with Gasteiger partial charge in [0.05, 0.1) is 35.9 Å². The smallest absolute Gasteiger partial charge is 0.315 e. The highest BCUT2D eigenvalue weighted by molar-refractivity contribution is 6.07. The molecule has 0 bridgehead atoms. The fourth-order valence-electron chi connectivity index (χ4n) is 5.44. The molecule has 2 saturated heterocycles. The zero-order chi connectivity index (χ0) is 28.3. The molecular weight excluding hydrogens is 530 g/mol. The Kier molecular flexibility index (Phi) is 7.57. The first-order chi connectivity index (χ1) is 20.0. The number of aromatic nitrogens is 2. The molecule has 6 rings (SSSR count). The van der Waals surface area contributed by atoms with Crippen LogP contribution in [0.4, 0.5) is 20.2 Å². The van der Waals surface area contributed by atoms with Crippen LogP contribution in [0.3, 0.4) is 0 Å². The van der Waals surface area contributed by atoms with Crippen LogP contribution in [0.25, 0.3) is 11.3 Å². The predicted octanol–water partition coefficient (Wildman–Crippen LogP) is 4.16. The van der Waals surface area contributed by atoms with Crippen LogP contribution in [0, 0.1) is 11.3 Å². The average Bonchev–Trinajstić information content (AvgIpc) is 3.46. The standard InChI is InChI=1S/C30H28F2N6O3/c31-29(32)30(39)38-9-7-23(8-10-38)41-26-6-3-20(15-21(26)17-33)27-28-25(34-18-35-27)16-24(36-28)19-1-4-22(5-2-19)37-11-13-40-14-12-37/h1-6,15,18,23,29H,7-14,16H2. The van der Waals surface area contributed by atoms with Gasteiger partial charge in [0, 0.05) is 56.7 Å². The molecule has 1 aromatic heterocycles. The zero-order valence-electron chi connectivity index (χ0n) is 22.3. The lowest BCUT2D eigenvalue weighted by atomic mass is 10.0. The summed E-state index contributed by atoms with van der Waals surface area (Å²) in [7, 11) is 0. The van der Waals surface area contributed by atoms with Gasteiger partial charge in [-0.05, 0) is 35.9 Å². The quantitative estimate of drug-likeness (QED) is 0.448. The SMILES string of the molecule is N#Cc1cc(-c2ncnc3c2N=C(c2ccc(N4CCOCC4)cc2)C3)ccc1OC1CCN(C(=O)C(F)F)CC1. The van der Waals surface area contributed by atoms with Crippen molar-refractivity contribution < 1.29 is 23.0 Å². The van der Waals surface area contributed by atoms with Gasteiger partial charge in [-0.2, -0.15) is 14.0 Å². The topological polar surface area (TPSA) is 104 Å². The second kappa shape index (κ2) is 11.6. The number of carbonyl (C=O) groups is 1. The van der Waals surface area contributed by atoms with Crippen LogP contribution in [0.1, 0.15) is 29.7 Å². The number of ether oxygens (including phenoxy) is 2. The maximum Gasteiger partial charge on any atom is 0.315 e. The number of hydrogen-bond acceptors (Lipinski definition) is 8. The number of carbonyl (C=O) groups excluding carboxylic acids is 1. The number of nitrogens with zero attached hydrogens (tertiary/aromatic N) is 6. The van der Waals surface area contributed by atoms with Gasteiger partial charge in [-0.25, -0.2) is 15.0 Å². The van der Waals surface area contributed by atoms with Crippen LogP contribution in [0.15, 0.2) is 53.8 Å². The van der Waals surface area contributed by atoms with Gasteiger partial charge in [-0.15, -0.1) is 0 Å². The van der Waals surface area contributed by atoms with Crippen LogP contribution in [0.5, 0.6) is 5.75 Å². The van der Waals surface area contributed by atoms with Gasteiger partial charge in [0.15, 0.2) is 0 Å². The molecule has 0 N–H and O–H groups in total. The van der Waals surface area contributed by atoms with E-state index in [9.17, 15) is 18.8 Å². The summed E-state index contributed by atoms with van der Waals surface area (Å²) in [6, 6.07) is 15.8. The first kappa shape index (κ1) is 26.8. The summed E-state index contributed by atoms with van der Waals surface area (Å²) in [6.45, 7) is 3.60. The number of rotatable bonds is 6. The van der Waals surface area contributed by atoms with Gasteiger partial charge in [-0.3, -0.25) is 4.79 Å². The number of aliphatic imine (C=N–C) groups is 1. The maximum absolute atomic E-state index is 12.7. The average molecular weight is 559 g/mol.